The van der Waals surface area contributed by atoms with E-state index in [1.165, 1.54) is 0 Å². The van der Waals surface area contributed by atoms with Crippen LogP contribution in [0.5, 0.6) is 5.75 Å². The molecule has 5 nitrogen and oxygen atoms in total. The number of ether oxygens (including phenoxy) is 1. The fourth-order valence-corrected chi connectivity index (χ4v) is 3.63. The summed E-state index contributed by atoms with van der Waals surface area (Å²) in [6, 6.07) is 17.8. The van der Waals surface area contributed by atoms with E-state index < -0.39 is 0 Å². The van der Waals surface area contributed by atoms with E-state index in [4.69, 9.17) is 4.74 Å². The van der Waals surface area contributed by atoms with Crippen LogP contribution >= 0.6 is 0 Å². The van der Waals surface area contributed by atoms with Crippen molar-refractivity contribution in [2.75, 3.05) is 32.1 Å². The Morgan fingerprint density at radius 3 is 2.61 bits per heavy atom. The number of anilines is 1. The first kappa shape index (κ1) is 18.3. The quantitative estimate of drug-likeness (QED) is 0.692. The number of amides is 1. The van der Waals surface area contributed by atoms with Crippen molar-refractivity contribution in [2.24, 2.45) is 0 Å². The van der Waals surface area contributed by atoms with Gasteiger partial charge in [-0.2, -0.15) is 0 Å². The van der Waals surface area contributed by atoms with Crippen LogP contribution in [0.4, 0.5) is 5.69 Å². The predicted molar refractivity (Wildman–Crippen MR) is 112 cm³/mol. The molecule has 0 spiro atoms. The third-order valence-electron chi connectivity index (χ3n) is 5.23. The summed E-state index contributed by atoms with van der Waals surface area (Å²) in [5.74, 6) is 0.913. The standard InChI is InChI=1S/C23H25N3O2/c1-25(2)19-9-3-7-18(16-19)23(27)26-14-11-20(12-15-26)28-21-10-4-6-17-8-5-13-24-22(17)21/h3-10,13,16,20H,11-12,14-15H2,1-2H3. The molecule has 0 atom stereocenters. The molecule has 1 aromatic heterocycles. The van der Waals surface area contributed by atoms with Crippen LogP contribution in [-0.2, 0) is 0 Å². The van der Waals surface area contributed by atoms with Gasteiger partial charge in [0.1, 0.15) is 17.4 Å². The van der Waals surface area contributed by atoms with E-state index in [9.17, 15) is 4.79 Å². The summed E-state index contributed by atoms with van der Waals surface area (Å²) in [4.78, 5) is 21.3. The third kappa shape index (κ3) is 3.79. The van der Waals surface area contributed by atoms with Crippen LogP contribution in [-0.4, -0.2) is 49.1 Å². The van der Waals surface area contributed by atoms with Gasteiger partial charge in [-0.3, -0.25) is 9.78 Å². The third-order valence-corrected chi connectivity index (χ3v) is 5.23. The first-order valence-corrected chi connectivity index (χ1v) is 9.69. The molecular weight excluding hydrogens is 350 g/mol. The number of hydrogen-bond donors (Lipinski definition) is 0. The average molecular weight is 375 g/mol. The van der Waals surface area contributed by atoms with Gasteiger partial charge in [-0.15, -0.1) is 0 Å². The molecule has 0 aliphatic carbocycles. The molecule has 2 heterocycles. The second kappa shape index (κ2) is 7.89. The maximum atomic E-state index is 12.9. The Kier molecular flexibility index (Phi) is 5.15. The lowest BCUT2D eigenvalue weighted by Gasteiger charge is -2.32. The van der Waals surface area contributed by atoms with Gasteiger partial charge in [-0.05, 0) is 30.3 Å². The first-order valence-electron chi connectivity index (χ1n) is 9.69. The Hall–Kier alpha value is -3.08. The SMILES string of the molecule is CN(C)c1cccc(C(=O)N2CCC(Oc3cccc4cccnc34)CC2)c1. The summed E-state index contributed by atoms with van der Waals surface area (Å²) in [5.41, 5.74) is 2.67. The highest BCUT2D eigenvalue weighted by Crippen LogP contribution is 2.27. The van der Waals surface area contributed by atoms with Crippen molar-refractivity contribution in [2.45, 2.75) is 18.9 Å². The van der Waals surface area contributed by atoms with Crippen molar-refractivity contribution < 1.29 is 9.53 Å². The summed E-state index contributed by atoms with van der Waals surface area (Å²) in [6.07, 6.45) is 3.54. The highest BCUT2D eigenvalue weighted by Gasteiger charge is 2.25. The second-order valence-electron chi connectivity index (χ2n) is 7.39. The van der Waals surface area contributed by atoms with E-state index in [0.29, 0.717) is 13.1 Å². The highest BCUT2D eigenvalue weighted by molar-refractivity contribution is 5.95. The topological polar surface area (TPSA) is 45.7 Å². The molecule has 3 aromatic rings. The minimum absolute atomic E-state index is 0.0916. The van der Waals surface area contributed by atoms with Gasteiger partial charge in [0.05, 0.1) is 0 Å². The summed E-state index contributed by atoms with van der Waals surface area (Å²) in [7, 11) is 3.96. The maximum absolute atomic E-state index is 12.9. The number of nitrogens with zero attached hydrogens (tertiary/aromatic N) is 3. The molecule has 1 amide bonds. The molecule has 1 saturated heterocycles. The lowest BCUT2D eigenvalue weighted by molar-refractivity contribution is 0.0597. The molecule has 0 bridgehead atoms. The monoisotopic (exact) mass is 375 g/mol. The van der Waals surface area contributed by atoms with Crippen molar-refractivity contribution in [3.05, 3.63) is 66.4 Å². The van der Waals surface area contributed by atoms with Crippen LogP contribution in [0.2, 0.25) is 0 Å². The van der Waals surface area contributed by atoms with Gasteiger partial charge >= 0.3 is 0 Å². The molecule has 0 radical (unpaired) electrons. The van der Waals surface area contributed by atoms with Gasteiger partial charge < -0.3 is 14.5 Å². The molecule has 2 aromatic carbocycles. The van der Waals surface area contributed by atoms with Crippen molar-refractivity contribution in [1.82, 2.24) is 9.88 Å². The first-order chi connectivity index (χ1) is 13.6. The number of rotatable bonds is 4. The molecule has 1 aliphatic heterocycles. The Labute approximate surface area is 165 Å². The second-order valence-corrected chi connectivity index (χ2v) is 7.39. The van der Waals surface area contributed by atoms with E-state index in [1.54, 1.807) is 6.20 Å². The van der Waals surface area contributed by atoms with E-state index in [1.807, 2.05) is 78.5 Å². The zero-order valence-electron chi connectivity index (χ0n) is 16.3. The molecule has 1 fully saturated rings. The number of benzene rings is 2. The molecule has 0 saturated carbocycles. The van der Waals surface area contributed by atoms with E-state index in [-0.39, 0.29) is 12.0 Å². The molecule has 4 rings (SSSR count). The van der Waals surface area contributed by atoms with Crippen LogP contribution < -0.4 is 9.64 Å². The van der Waals surface area contributed by atoms with E-state index in [2.05, 4.69) is 4.98 Å². The zero-order valence-corrected chi connectivity index (χ0v) is 16.3. The summed E-state index contributed by atoms with van der Waals surface area (Å²) >= 11 is 0. The number of carbonyl (C=O) groups is 1. The predicted octanol–water partition coefficient (Wildman–Crippen LogP) is 3.98. The number of pyridine rings is 1. The Morgan fingerprint density at radius 1 is 1.07 bits per heavy atom. The molecule has 0 N–H and O–H groups in total. The molecule has 144 valence electrons. The fourth-order valence-electron chi connectivity index (χ4n) is 3.63. The molecule has 1 aliphatic rings. The lowest BCUT2D eigenvalue weighted by atomic mass is 10.1. The molecule has 5 heteroatoms. The fraction of sp³-hybridized carbons (Fsp3) is 0.304. The molecule has 0 unspecified atom stereocenters. The summed E-state index contributed by atoms with van der Waals surface area (Å²) in [6.45, 7) is 1.40. The van der Waals surface area contributed by atoms with Crippen molar-refractivity contribution in [3.63, 3.8) is 0 Å². The Morgan fingerprint density at radius 2 is 1.82 bits per heavy atom. The van der Waals surface area contributed by atoms with Gasteiger partial charge in [0.2, 0.25) is 0 Å². The summed E-state index contributed by atoms with van der Waals surface area (Å²) < 4.78 is 6.25. The van der Waals surface area contributed by atoms with Crippen molar-refractivity contribution in [1.29, 1.82) is 0 Å². The highest BCUT2D eigenvalue weighted by atomic mass is 16.5. The van der Waals surface area contributed by atoms with Crippen molar-refractivity contribution in [3.8, 4) is 5.75 Å². The number of piperidine rings is 1. The number of carbonyl (C=O) groups excluding carboxylic acids is 1. The molecule has 28 heavy (non-hydrogen) atoms. The van der Waals surface area contributed by atoms with Crippen LogP contribution in [0.3, 0.4) is 0 Å². The number of fused-ring (bicyclic) bond motifs is 1. The van der Waals surface area contributed by atoms with Gasteiger partial charge in [0, 0.05) is 62.9 Å². The lowest BCUT2D eigenvalue weighted by Crippen LogP contribution is -2.41. The van der Waals surface area contributed by atoms with Crippen LogP contribution in [0.25, 0.3) is 10.9 Å². The van der Waals surface area contributed by atoms with Crippen molar-refractivity contribution >= 4 is 22.5 Å². The average Bonchev–Trinajstić information content (AvgIpc) is 2.74. The maximum Gasteiger partial charge on any atom is 0.253 e. The Balaban J connectivity index is 1.40. The summed E-state index contributed by atoms with van der Waals surface area (Å²) in [5, 5.41) is 1.08. The Bertz CT molecular complexity index is 973. The van der Waals surface area contributed by atoms with E-state index in [0.717, 1.165) is 40.7 Å². The van der Waals surface area contributed by atoms with Crippen LogP contribution in [0.15, 0.2) is 60.8 Å². The van der Waals surface area contributed by atoms with Gasteiger partial charge in [-0.25, -0.2) is 0 Å². The number of para-hydroxylation sites is 1. The van der Waals surface area contributed by atoms with Crippen LogP contribution in [0, 0.1) is 0 Å². The van der Waals surface area contributed by atoms with Crippen LogP contribution in [0.1, 0.15) is 23.2 Å². The minimum atomic E-state index is 0.0916. The molecular formula is C23H25N3O2. The normalized spacial score (nSPS) is 14.9. The number of likely N-dealkylation sites (tertiary alicyclic amines) is 1. The zero-order chi connectivity index (χ0) is 19.5. The number of aromatic nitrogens is 1. The van der Waals surface area contributed by atoms with Gasteiger partial charge in [-0.1, -0.05) is 24.3 Å². The largest absolute Gasteiger partial charge is 0.488 e. The smallest absolute Gasteiger partial charge is 0.253 e. The van der Waals surface area contributed by atoms with Gasteiger partial charge in [0.25, 0.3) is 5.91 Å². The van der Waals surface area contributed by atoms with Gasteiger partial charge in [0.15, 0.2) is 0 Å². The van der Waals surface area contributed by atoms with E-state index >= 15 is 0 Å². The number of hydrogen-bond acceptors (Lipinski definition) is 4. The minimum Gasteiger partial charge on any atom is -0.488 e.